The lowest BCUT2D eigenvalue weighted by Gasteiger charge is -2.12. The van der Waals surface area contributed by atoms with Crippen LogP contribution >= 0.6 is 0 Å². The Kier molecular flexibility index (Phi) is 4.56. The molecule has 1 aromatic carbocycles. The van der Waals surface area contributed by atoms with E-state index in [9.17, 15) is 0 Å². The molecule has 1 atom stereocenters. The van der Waals surface area contributed by atoms with Gasteiger partial charge >= 0.3 is 0 Å². The molecular weight excluding hydrogens is 226 g/mol. The second-order valence-corrected chi connectivity index (χ2v) is 4.30. The van der Waals surface area contributed by atoms with Gasteiger partial charge in [-0.2, -0.15) is 0 Å². The molecule has 3 heteroatoms. The van der Waals surface area contributed by atoms with Crippen LogP contribution in [0.5, 0.6) is 0 Å². The number of hydrogen-bond donors (Lipinski definition) is 2. The zero-order valence-electron chi connectivity index (χ0n) is 10.6. The van der Waals surface area contributed by atoms with Crippen molar-refractivity contribution in [2.75, 3.05) is 6.61 Å². The third-order valence-electron chi connectivity index (χ3n) is 3.00. The third-order valence-corrected chi connectivity index (χ3v) is 3.00. The fraction of sp³-hybridized carbons (Fsp3) is 0.333. The molecule has 3 nitrogen and oxygen atoms in total. The molecule has 0 amide bonds. The fourth-order valence-electron chi connectivity index (χ4n) is 1.81. The normalized spacial score (nSPS) is 12.6. The Balaban J connectivity index is 1.98. The monoisotopic (exact) mass is 245 g/mol. The van der Waals surface area contributed by atoms with Crippen LogP contribution in [0.1, 0.15) is 19.1 Å². The number of furan rings is 1. The molecule has 0 fully saturated rings. The topological polar surface area (TPSA) is 45.4 Å². The van der Waals surface area contributed by atoms with Gasteiger partial charge in [0.25, 0.3) is 0 Å². The van der Waals surface area contributed by atoms with Crippen LogP contribution in [-0.2, 0) is 6.54 Å². The molecule has 2 aromatic rings. The molecule has 0 bridgehead atoms. The molecule has 96 valence electrons. The number of hydrogen-bond acceptors (Lipinski definition) is 3. The quantitative estimate of drug-likeness (QED) is 0.822. The van der Waals surface area contributed by atoms with Crippen molar-refractivity contribution in [2.24, 2.45) is 0 Å². The Morgan fingerprint density at radius 3 is 2.61 bits per heavy atom. The van der Waals surface area contributed by atoms with Crippen molar-refractivity contribution >= 4 is 0 Å². The van der Waals surface area contributed by atoms with Crippen LogP contribution in [0.25, 0.3) is 11.3 Å². The van der Waals surface area contributed by atoms with Crippen LogP contribution in [0.4, 0.5) is 0 Å². The highest BCUT2D eigenvalue weighted by atomic mass is 16.3. The minimum absolute atomic E-state index is 0.135. The van der Waals surface area contributed by atoms with Crippen molar-refractivity contribution in [1.29, 1.82) is 0 Å². The lowest BCUT2D eigenvalue weighted by Crippen LogP contribution is -2.30. The standard InChI is InChI=1S/C15H19NO2/c1-2-13(11-17)16-10-14-8-9-15(18-14)12-6-4-3-5-7-12/h3-9,13,16-17H,2,10-11H2,1H3/t13-/m0/s1. The Bertz CT molecular complexity index is 460. The number of benzene rings is 1. The first-order valence-electron chi connectivity index (χ1n) is 6.32. The van der Waals surface area contributed by atoms with E-state index >= 15 is 0 Å². The van der Waals surface area contributed by atoms with E-state index in [0.29, 0.717) is 6.54 Å². The molecule has 2 N–H and O–H groups in total. The fourth-order valence-corrected chi connectivity index (χ4v) is 1.81. The second kappa shape index (κ2) is 6.38. The smallest absolute Gasteiger partial charge is 0.134 e. The maximum atomic E-state index is 9.09. The van der Waals surface area contributed by atoms with Gasteiger partial charge in [0, 0.05) is 11.6 Å². The number of aliphatic hydroxyl groups excluding tert-OH is 1. The van der Waals surface area contributed by atoms with Crippen LogP contribution in [0.15, 0.2) is 46.9 Å². The van der Waals surface area contributed by atoms with E-state index in [2.05, 4.69) is 5.32 Å². The molecule has 0 saturated carbocycles. The molecule has 18 heavy (non-hydrogen) atoms. The zero-order valence-corrected chi connectivity index (χ0v) is 10.6. The van der Waals surface area contributed by atoms with Gasteiger partial charge in [-0.3, -0.25) is 0 Å². The highest BCUT2D eigenvalue weighted by Crippen LogP contribution is 2.21. The molecule has 1 aromatic heterocycles. The summed E-state index contributed by atoms with van der Waals surface area (Å²) in [5.74, 6) is 1.77. The van der Waals surface area contributed by atoms with E-state index in [1.54, 1.807) is 0 Å². The summed E-state index contributed by atoms with van der Waals surface area (Å²) in [6.07, 6.45) is 0.906. The van der Waals surface area contributed by atoms with Gasteiger partial charge in [-0.05, 0) is 18.6 Å². The molecule has 0 unspecified atom stereocenters. The second-order valence-electron chi connectivity index (χ2n) is 4.30. The van der Waals surface area contributed by atoms with Gasteiger partial charge in [-0.15, -0.1) is 0 Å². The molecule has 0 spiro atoms. The molecule has 2 rings (SSSR count). The molecule has 0 aliphatic carbocycles. The molecule has 1 heterocycles. The van der Waals surface area contributed by atoms with Gasteiger partial charge in [-0.1, -0.05) is 37.3 Å². The first kappa shape index (κ1) is 12.9. The van der Waals surface area contributed by atoms with Crippen LogP contribution in [-0.4, -0.2) is 17.8 Å². The van der Waals surface area contributed by atoms with Crippen LogP contribution in [0, 0.1) is 0 Å². The van der Waals surface area contributed by atoms with Gasteiger partial charge < -0.3 is 14.8 Å². The number of nitrogens with one attached hydrogen (secondary N) is 1. The summed E-state index contributed by atoms with van der Waals surface area (Å²) >= 11 is 0. The predicted molar refractivity (Wildman–Crippen MR) is 72.1 cm³/mol. The van der Waals surface area contributed by atoms with Gasteiger partial charge in [-0.25, -0.2) is 0 Å². The Morgan fingerprint density at radius 1 is 1.17 bits per heavy atom. The Labute approximate surface area is 107 Å². The first-order valence-corrected chi connectivity index (χ1v) is 6.32. The van der Waals surface area contributed by atoms with Crippen LogP contribution in [0.3, 0.4) is 0 Å². The first-order chi connectivity index (χ1) is 8.83. The van der Waals surface area contributed by atoms with Crippen molar-refractivity contribution in [2.45, 2.75) is 25.9 Å². The summed E-state index contributed by atoms with van der Waals surface area (Å²) < 4.78 is 5.76. The molecule has 0 saturated heterocycles. The molecular formula is C15H19NO2. The van der Waals surface area contributed by atoms with Crippen molar-refractivity contribution in [3.05, 3.63) is 48.2 Å². The van der Waals surface area contributed by atoms with Gasteiger partial charge in [0.15, 0.2) is 0 Å². The average Bonchev–Trinajstić information content (AvgIpc) is 2.90. The summed E-state index contributed by atoms with van der Waals surface area (Å²) in [5.41, 5.74) is 1.08. The van der Waals surface area contributed by atoms with Crippen molar-refractivity contribution < 1.29 is 9.52 Å². The van der Waals surface area contributed by atoms with E-state index in [1.165, 1.54) is 0 Å². The lowest BCUT2D eigenvalue weighted by molar-refractivity contribution is 0.235. The molecule has 0 radical (unpaired) electrons. The van der Waals surface area contributed by atoms with Crippen molar-refractivity contribution in [1.82, 2.24) is 5.32 Å². The van der Waals surface area contributed by atoms with Crippen LogP contribution < -0.4 is 5.32 Å². The summed E-state index contributed by atoms with van der Waals surface area (Å²) in [5, 5.41) is 12.4. The SMILES string of the molecule is CC[C@@H](CO)NCc1ccc(-c2ccccc2)o1. The van der Waals surface area contributed by atoms with Crippen LogP contribution in [0.2, 0.25) is 0 Å². The van der Waals surface area contributed by atoms with E-state index in [-0.39, 0.29) is 12.6 Å². The van der Waals surface area contributed by atoms with Gasteiger partial charge in [0.1, 0.15) is 11.5 Å². The summed E-state index contributed by atoms with van der Waals surface area (Å²) in [4.78, 5) is 0. The summed E-state index contributed by atoms with van der Waals surface area (Å²) in [6.45, 7) is 2.85. The maximum absolute atomic E-state index is 9.09. The van der Waals surface area contributed by atoms with E-state index in [1.807, 2.05) is 49.4 Å². The van der Waals surface area contributed by atoms with Gasteiger partial charge in [0.05, 0.1) is 13.2 Å². The van der Waals surface area contributed by atoms with E-state index in [4.69, 9.17) is 9.52 Å². The predicted octanol–water partition coefficient (Wildman–Crippen LogP) is 2.81. The maximum Gasteiger partial charge on any atom is 0.134 e. The minimum Gasteiger partial charge on any atom is -0.460 e. The largest absolute Gasteiger partial charge is 0.460 e. The Hall–Kier alpha value is -1.58. The van der Waals surface area contributed by atoms with E-state index in [0.717, 1.165) is 23.5 Å². The number of aliphatic hydroxyl groups is 1. The third kappa shape index (κ3) is 3.22. The number of rotatable bonds is 6. The summed E-state index contributed by atoms with van der Waals surface area (Å²) in [6, 6.07) is 14.1. The average molecular weight is 245 g/mol. The summed E-state index contributed by atoms with van der Waals surface area (Å²) in [7, 11) is 0. The van der Waals surface area contributed by atoms with E-state index < -0.39 is 0 Å². The molecule has 0 aliphatic rings. The minimum atomic E-state index is 0.135. The van der Waals surface area contributed by atoms with Crippen molar-refractivity contribution in [3.63, 3.8) is 0 Å². The highest BCUT2D eigenvalue weighted by Gasteiger charge is 2.07. The zero-order chi connectivity index (χ0) is 12.8. The lowest BCUT2D eigenvalue weighted by atomic mass is 10.2. The molecule has 0 aliphatic heterocycles. The van der Waals surface area contributed by atoms with Crippen molar-refractivity contribution in [3.8, 4) is 11.3 Å². The highest BCUT2D eigenvalue weighted by molar-refractivity contribution is 5.57. The Morgan fingerprint density at radius 2 is 1.94 bits per heavy atom. The van der Waals surface area contributed by atoms with Gasteiger partial charge in [0.2, 0.25) is 0 Å².